The van der Waals surface area contributed by atoms with E-state index in [1.165, 1.54) is 0 Å². The van der Waals surface area contributed by atoms with E-state index in [0.717, 1.165) is 11.0 Å². The average Bonchev–Trinajstić information content (AvgIpc) is 2.77. The molecule has 1 fully saturated rings. The molecule has 0 atom stereocenters. The largest absolute Gasteiger partial charge is 0.514 e. The Morgan fingerprint density at radius 3 is 2.47 bits per heavy atom. The van der Waals surface area contributed by atoms with Crippen molar-refractivity contribution >= 4 is 35.3 Å². The molecule has 7 heteroatoms. The zero-order valence-electron chi connectivity index (χ0n) is 11.3. The second-order valence-corrected chi connectivity index (χ2v) is 6.19. The lowest BCUT2D eigenvalue weighted by molar-refractivity contribution is 0.00578. The van der Waals surface area contributed by atoms with Crippen LogP contribution in [0, 0.1) is 0 Å². The Balaban J connectivity index is 2.05. The van der Waals surface area contributed by atoms with Crippen LogP contribution in [0.25, 0.3) is 11.0 Å². The molecule has 0 spiro atoms. The number of pyridine rings is 1. The SMILES string of the molecule is CC1(C)OB(c2[nH]nc3ncc(Cl)cc23)OC1(C)C. The van der Waals surface area contributed by atoms with Gasteiger partial charge >= 0.3 is 7.12 Å². The summed E-state index contributed by atoms with van der Waals surface area (Å²) in [4.78, 5) is 4.16. The number of halogens is 1. The van der Waals surface area contributed by atoms with Crippen molar-refractivity contribution in [3.8, 4) is 0 Å². The van der Waals surface area contributed by atoms with Crippen LogP contribution < -0.4 is 5.59 Å². The van der Waals surface area contributed by atoms with E-state index in [1.807, 2.05) is 33.8 Å². The normalized spacial score (nSPS) is 21.2. The maximum atomic E-state index is 5.99. The van der Waals surface area contributed by atoms with Gasteiger partial charge in [0, 0.05) is 11.6 Å². The minimum atomic E-state index is -0.490. The van der Waals surface area contributed by atoms with Crippen molar-refractivity contribution in [1.29, 1.82) is 0 Å². The third kappa shape index (κ3) is 1.95. The van der Waals surface area contributed by atoms with Gasteiger partial charge in [0.1, 0.15) is 0 Å². The van der Waals surface area contributed by atoms with Crippen LogP contribution in [0.4, 0.5) is 0 Å². The first kappa shape index (κ1) is 12.9. The topological polar surface area (TPSA) is 60.0 Å². The first-order valence-corrected chi connectivity index (χ1v) is 6.53. The molecule has 1 N–H and O–H groups in total. The fourth-order valence-corrected chi connectivity index (χ4v) is 2.19. The van der Waals surface area contributed by atoms with E-state index in [-0.39, 0.29) is 11.2 Å². The minimum Gasteiger partial charge on any atom is -0.398 e. The highest BCUT2D eigenvalue weighted by Crippen LogP contribution is 2.36. The second kappa shape index (κ2) is 3.94. The molecule has 1 saturated heterocycles. The molecule has 3 heterocycles. The first-order valence-electron chi connectivity index (χ1n) is 6.15. The van der Waals surface area contributed by atoms with Gasteiger partial charge in [-0.05, 0) is 33.8 Å². The number of aromatic nitrogens is 3. The highest BCUT2D eigenvalue weighted by atomic mass is 35.5. The summed E-state index contributed by atoms with van der Waals surface area (Å²) >= 11 is 5.98. The Morgan fingerprint density at radius 1 is 1.21 bits per heavy atom. The van der Waals surface area contributed by atoms with Gasteiger partial charge in [-0.2, -0.15) is 5.10 Å². The van der Waals surface area contributed by atoms with Crippen molar-refractivity contribution in [1.82, 2.24) is 15.2 Å². The van der Waals surface area contributed by atoms with Gasteiger partial charge in [-0.15, -0.1) is 0 Å². The van der Waals surface area contributed by atoms with Gasteiger partial charge in [-0.3, -0.25) is 5.10 Å². The molecule has 0 aromatic carbocycles. The van der Waals surface area contributed by atoms with Crippen LogP contribution in [-0.4, -0.2) is 33.5 Å². The third-order valence-corrected chi connectivity index (χ3v) is 4.10. The number of aromatic amines is 1. The summed E-state index contributed by atoms with van der Waals surface area (Å²) in [6.07, 6.45) is 1.57. The zero-order valence-corrected chi connectivity index (χ0v) is 12.1. The molecule has 19 heavy (non-hydrogen) atoms. The smallest absolute Gasteiger partial charge is 0.398 e. The molecule has 1 aliphatic heterocycles. The number of nitrogens with zero attached hydrogens (tertiary/aromatic N) is 2. The summed E-state index contributed by atoms with van der Waals surface area (Å²) in [7, 11) is -0.490. The van der Waals surface area contributed by atoms with Crippen LogP contribution in [0.15, 0.2) is 12.3 Å². The molecule has 1 aliphatic rings. The van der Waals surface area contributed by atoms with Gasteiger partial charge in [0.05, 0.1) is 21.8 Å². The molecule has 5 nitrogen and oxygen atoms in total. The van der Waals surface area contributed by atoms with Crippen molar-refractivity contribution in [3.05, 3.63) is 17.3 Å². The lowest BCUT2D eigenvalue weighted by atomic mass is 9.83. The van der Waals surface area contributed by atoms with Crippen molar-refractivity contribution in [2.75, 3.05) is 0 Å². The summed E-state index contributed by atoms with van der Waals surface area (Å²) in [6.45, 7) is 8.04. The van der Waals surface area contributed by atoms with E-state index < -0.39 is 7.12 Å². The Labute approximate surface area is 116 Å². The molecule has 0 aliphatic carbocycles. The van der Waals surface area contributed by atoms with Crippen LogP contribution in [0.5, 0.6) is 0 Å². The van der Waals surface area contributed by atoms with Gasteiger partial charge < -0.3 is 9.31 Å². The fraction of sp³-hybridized carbons (Fsp3) is 0.500. The Bertz CT molecular complexity index is 625. The van der Waals surface area contributed by atoms with Crippen LogP contribution >= 0.6 is 11.6 Å². The van der Waals surface area contributed by atoms with Gasteiger partial charge in [0.25, 0.3) is 0 Å². The standard InChI is InChI=1S/C12H15BClN3O2/c1-11(2)12(3,4)19-13(18-11)9-8-5-7(14)6-15-10(8)17-16-9/h5-6H,1-4H3,(H,15,16,17). The quantitative estimate of drug-likeness (QED) is 0.810. The van der Waals surface area contributed by atoms with E-state index in [0.29, 0.717) is 10.7 Å². The molecule has 0 amide bonds. The Kier molecular flexibility index (Phi) is 2.68. The Hall–Kier alpha value is -1.11. The van der Waals surface area contributed by atoms with E-state index >= 15 is 0 Å². The minimum absolute atomic E-state index is 0.388. The van der Waals surface area contributed by atoms with Crippen molar-refractivity contribution < 1.29 is 9.31 Å². The molecule has 0 saturated carbocycles. The lowest BCUT2D eigenvalue weighted by Gasteiger charge is -2.32. The van der Waals surface area contributed by atoms with Gasteiger partial charge in [-0.25, -0.2) is 4.98 Å². The van der Waals surface area contributed by atoms with E-state index in [9.17, 15) is 0 Å². The average molecular weight is 280 g/mol. The van der Waals surface area contributed by atoms with E-state index in [1.54, 1.807) is 6.20 Å². The third-order valence-electron chi connectivity index (χ3n) is 3.89. The number of rotatable bonds is 1. The molecule has 0 bridgehead atoms. The summed E-state index contributed by atoms with van der Waals surface area (Å²) in [5.41, 5.74) is 0.583. The number of fused-ring (bicyclic) bond motifs is 1. The number of nitrogens with one attached hydrogen (secondary N) is 1. The molecule has 0 unspecified atom stereocenters. The zero-order chi connectivity index (χ0) is 13.8. The molecule has 2 aromatic rings. The van der Waals surface area contributed by atoms with Crippen LogP contribution in [-0.2, 0) is 9.31 Å². The molecule has 3 rings (SSSR count). The predicted molar refractivity (Wildman–Crippen MR) is 74.6 cm³/mol. The fourth-order valence-electron chi connectivity index (χ4n) is 2.03. The van der Waals surface area contributed by atoms with E-state index in [4.69, 9.17) is 20.9 Å². The Morgan fingerprint density at radius 2 is 1.84 bits per heavy atom. The van der Waals surface area contributed by atoms with E-state index in [2.05, 4.69) is 15.2 Å². The maximum absolute atomic E-state index is 5.99. The van der Waals surface area contributed by atoms with Crippen molar-refractivity contribution in [2.24, 2.45) is 0 Å². The van der Waals surface area contributed by atoms with Gasteiger partial charge in [0.2, 0.25) is 0 Å². The molecule has 100 valence electrons. The summed E-state index contributed by atoms with van der Waals surface area (Å²) in [5, 5.41) is 8.47. The van der Waals surface area contributed by atoms with Gasteiger partial charge in [0.15, 0.2) is 5.65 Å². The monoisotopic (exact) mass is 279 g/mol. The van der Waals surface area contributed by atoms with Crippen LogP contribution in [0.3, 0.4) is 0 Å². The summed E-state index contributed by atoms with van der Waals surface area (Å²) in [6, 6.07) is 1.81. The summed E-state index contributed by atoms with van der Waals surface area (Å²) < 4.78 is 12.0. The van der Waals surface area contributed by atoms with Gasteiger partial charge in [-0.1, -0.05) is 11.6 Å². The number of H-pyrrole nitrogens is 1. The highest BCUT2D eigenvalue weighted by molar-refractivity contribution is 6.64. The number of hydrogen-bond donors (Lipinski definition) is 1. The lowest BCUT2D eigenvalue weighted by Crippen LogP contribution is -2.41. The van der Waals surface area contributed by atoms with Crippen LogP contribution in [0.1, 0.15) is 27.7 Å². The molecular weight excluding hydrogens is 264 g/mol. The second-order valence-electron chi connectivity index (χ2n) is 5.75. The van der Waals surface area contributed by atoms with Crippen molar-refractivity contribution in [2.45, 2.75) is 38.9 Å². The highest BCUT2D eigenvalue weighted by Gasteiger charge is 2.52. The molecule has 0 radical (unpaired) electrons. The number of hydrogen-bond acceptors (Lipinski definition) is 4. The maximum Gasteiger partial charge on any atom is 0.514 e. The van der Waals surface area contributed by atoms with Crippen LogP contribution in [0.2, 0.25) is 5.02 Å². The summed E-state index contributed by atoms with van der Waals surface area (Å²) in [5.74, 6) is 0. The van der Waals surface area contributed by atoms with Crippen molar-refractivity contribution in [3.63, 3.8) is 0 Å². The molecular formula is C12H15BClN3O2. The molecule has 2 aromatic heterocycles. The first-order chi connectivity index (χ1) is 8.80. The predicted octanol–water partition coefficient (Wildman–Crippen LogP) is 1.91.